The van der Waals surface area contributed by atoms with Gasteiger partial charge in [-0.15, -0.1) is 0 Å². The zero-order chi connectivity index (χ0) is 12.4. The summed E-state index contributed by atoms with van der Waals surface area (Å²) in [6, 6.07) is 7.69. The minimum absolute atomic E-state index is 0.187. The van der Waals surface area contributed by atoms with E-state index in [1.807, 2.05) is 24.3 Å². The smallest absolute Gasteiger partial charge is 0.225 e. The van der Waals surface area contributed by atoms with Crippen LogP contribution in [0.5, 0.6) is 5.75 Å². The van der Waals surface area contributed by atoms with E-state index in [0.717, 1.165) is 17.7 Å². The van der Waals surface area contributed by atoms with Gasteiger partial charge in [-0.05, 0) is 12.0 Å². The Morgan fingerprint density at radius 2 is 2.24 bits per heavy atom. The number of ether oxygens (including phenoxy) is 1. The van der Waals surface area contributed by atoms with Crippen LogP contribution in [0.3, 0.4) is 0 Å². The van der Waals surface area contributed by atoms with Crippen molar-refractivity contribution < 1.29 is 9.53 Å². The molecule has 0 saturated heterocycles. The topological polar surface area (TPSA) is 52.3 Å². The maximum absolute atomic E-state index is 11.7. The summed E-state index contributed by atoms with van der Waals surface area (Å²) in [5.41, 5.74) is 6.51. The minimum Gasteiger partial charge on any atom is -0.493 e. The predicted molar refractivity (Wildman–Crippen MR) is 66.8 cm³/mol. The van der Waals surface area contributed by atoms with Gasteiger partial charge in [0, 0.05) is 11.5 Å². The molecule has 92 valence electrons. The van der Waals surface area contributed by atoms with Crippen molar-refractivity contribution in [2.45, 2.75) is 26.2 Å². The van der Waals surface area contributed by atoms with Crippen molar-refractivity contribution >= 4 is 5.91 Å². The second kappa shape index (κ2) is 4.78. The lowest BCUT2D eigenvalue weighted by Crippen LogP contribution is -2.38. The number of hydrogen-bond acceptors (Lipinski definition) is 2. The van der Waals surface area contributed by atoms with Crippen LogP contribution in [0.1, 0.15) is 31.7 Å². The number of hydrogen-bond donors (Lipinski definition) is 1. The molecule has 0 radical (unpaired) electrons. The van der Waals surface area contributed by atoms with Crippen molar-refractivity contribution in [3.63, 3.8) is 0 Å². The van der Waals surface area contributed by atoms with E-state index in [0.29, 0.717) is 12.5 Å². The molecule has 3 unspecified atom stereocenters. The van der Waals surface area contributed by atoms with E-state index in [1.165, 1.54) is 0 Å². The molecule has 0 spiro atoms. The third kappa shape index (κ3) is 2.14. The van der Waals surface area contributed by atoms with Crippen molar-refractivity contribution in [3.05, 3.63) is 29.8 Å². The molecule has 2 rings (SSSR count). The molecule has 17 heavy (non-hydrogen) atoms. The van der Waals surface area contributed by atoms with Crippen molar-refractivity contribution in [1.82, 2.24) is 0 Å². The van der Waals surface area contributed by atoms with E-state index in [9.17, 15) is 4.79 Å². The molecule has 3 nitrogen and oxygen atoms in total. The van der Waals surface area contributed by atoms with Gasteiger partial charge in [0.2, 0.25) is 5.91 Å². The van der Waals surface area contributed by atoms with Crippen LogP contribution >= 0.6 is 0 Å². The summed E-state index contributed by atoms with van der Waals surface area (Å²) in [5.74, 6) is 0.963. The zero-order valence-electron chi connectivity index (χ0n) is 10.3. The summed E-state index contributed by atoms with van der Waals surface area (Å²) in [6.45, 7) is 4.86. The minimum atomic E-state index is -0.244. The Morgan fingerprint density at radius 3 is 2.88 bits per heavy atom. The van der Waals surface area contributed by atoms with Crippen LogP contribution in [0, 0.1) is 11.8 Å². The van der Waals surface area contributed by atoms with Crippen LogP contribution in [0.25, 0.3) is 0 Å². The van der Waals surface area contributed by atoms with Crippen LogP contribution in [-0.4, -0.2) is 12.5 Å². The van der Waals surface area contributed by atoms with Crippen molar-refractivity contribution in [2.24, 2.45) is 17.6 Å². The molecule has 1 aliphatic heterocycles. The lowest BCUT2D eigenvalue weighted by atomic mass is 9.76. The largest absolute Gasteiger partial charge is 0.493 e. The normalized spacial score (nSPS) is 24.6. The molecule has 0 fully saturated rings. The monoisotopic (exact) mass is 233 g/mol. The molecular formula is C14H19NO2. The summed E-state index contributed by atoms with van der Waals surface area (Å²) in [5, 5.41) is 0. The maximum atomic E-state index is 11.7. The fourth-order valence-electron chi connectivity index (χ4n) is 2.54. The Bertz CT molecular complexity index is 416. The number of fused-ring (bicyclic) bond motifs is 1. The first kappa shape index (κ1) is 12.0. The SMILES string of the molecule is CCC(C)C1COc2ccccc2C1C(N)=O. The highest BCUT2D eigenvalue weighted by Gasteiger charge is 2.37. The molecule has 1 aliphatic rings. The maximum Gasteiger partial charge on any atom is 0.225 e. The van der Waals surface area contributed by atoms with Crippen LogP contribution < -0.4 is 10.5 Å². The Hall–Kier alpha value is -1.51. The number of rotatable bonds is 3. The predicted octanol–water partition coefficient (Wildman–Crippen LogP) is 2.31. The fraction of sp³-hybridized carbons (Fsp3) is 0.500. The second-order valence-corrected chi connectivity index (χ2v) is 4.78. The summed E-state index contributed by atoms with van der Waals surface area (Å²) < 4.78 is 5.73. The average molecular weight is 233 g/mol. The van der Waals surface area contributed by atoms with Gasteiger partial charge < -0.3 is 10.5 Å². The van der Waals surface area contributed by atoms with Gasteiger partial charge in [-0.3, -0.25) is 4.79 Å². The first-order valence-electron chi connectivity index (χ1n) is 6.16. The molecule has 0 bridgehead atoms. The highest BCUT2D eigenvalue weighted by molar-refractivity contribution is 5.83. The Balaban J connectivity index is 2.39. The zero-order valence-corrected chi connectivity index (χ0v) is 10.3. The van der Waals surface area contributed by atoms with E-state index in [-0.39, 0.29) is 17.7 Å². The third-order valence-electron chi connectivity index (χ3n) is 3.79. The van der Waals surface area contributed by atoms with Crippen LogP contribution in [-0.2, 0) is 4.79 Å². The van der Waals surface area contributed by atoms with E-state index in [2.05, 4.69) is 13.8 Å². The van der Waals surface area contributed by atoms with Gasteiger partial charge in [0.05, 0.1) is 12.5 Å². The Labute approximate surface area is 102 Å². The van der Waals surface area contributed by atoms with Gasteiger partial charge in [-0.2, -0.15) is 0 Å². The molecule has 0 saturated carbocycles. The number of carbonyl (C=O) groups excluding carboxylic acids is 1. The highest BCUT2D eigenvalue weighted by Crippen LogP contribution is 2.40. The molecule has 1 aromatic rings. The van der Waals surface area contributed by atoms with Gasteiger partial charge in [0.15, 0.2) is 0 Å². The van der Waals surface area contributed by atoms with Gasteiger partial charge in [-0.1, -0.05) is 38.5 Å². The molecule has 3 atom stereocenters. The number of para-hydroxylation sites is 1. The molecule has 3 heteroatoms. The number of amides is 1. The lowest BCUT2D eigenvalue weighted by molar-refractivity contribution is -0.122. The highest BCUT2D eigenvalue weighted by atomic mass is 16.5. The van der Waals surface area contributed by atoms with Crippen LogP contribution in [0.4, 0.5) is 0 Å². The molecule has 0 aromatic heterocycles. The van der Waals surface area contributed by atoms with Crippen molar-refractivity contribution in [3.8, 4) is 5.75 Å². The van der Waals surface area contributed by atoms with Gasteiger partial charge in [0.25, 0.3) is 0 Å². The molecular weight excluding hydrogens is 214 g/mol. The molecule has 1 amide bonds. The molecule has 0 aliphatic carbocycles. The third-order valence-corrected chi connectivity index (χ3v) is 3.79. The first-order chi connectivity index (χ1) is 8.15. The van der Waals surface area contributed by atoms with Gasteiger partial charge >= 0.3 is 0 Å². The summed E-state index contributed by atoms with van der Waals surface area (Å²) in [4.78, 5) is 11.7. The number of nitrogens with two attached hydrogens (primary N) is 1. The van der Waals surface area contributed by atoms with E-state index < -0.39 is 0 Å². The van der Waals surface area contributed by atoms with E-state index >= 15 is 0 Å². The van der Waals surface area contributed by atoms with Crippen LogP contribution in [0.2, 0.25) is 0 Å². The van der Waals surface area contributed by atoms with Gasteiger partial charge in [-0.25, -0.2) is 0 Å². The van der Waals surface area contributed by atoms with Crippen molar-refractivity contribution in [1.29, 1.82) is 0 Å². The van der Waals surface area contributed by atoms with Crippen molar-refractivity contribution in [2.75, 3.05) is 6.61 Å². The Morgan fingerprint density at radius 1 is 1.53 bits per heavy atom. The van der Waals surface area contributed by atoms with E-state index in [1.54, 1.807) is 0 Å². The molecule has 1 heterocycles. The second-order valence-electron chi connectivity index (χ2n) is 4.78. The molecule has 1 aromatic carbocycles. The summed E-state index contributed by atoms with van der Waals surface area (Å²) in [6.07, 6.45) is 1.03. The fourth-order valence-corrected chi connectivity index (χ4v) is 2.54. The summed E-state index contributed by atoms with van der Waals surface area (Å²) in [7, 11) is 0. The van der Waals surface area contributed by atoms with Gasteiger partial charge in [0.1, 0.15) is 5.75 Å². The number of benzene rings is 1. The Kier molecular flexibility index (Phi) is 3.36. The lowest BCUT2D eigenvalue weighted by Gasteiger charge is -2.35. The standard InChI is InChI=1S/C14H19NO2/c1-3-9(2)11-8-17-12-7-5-4-6-10(12)13(11)14(15)16/h4-7,9,11,13H,3,8H2,1-2H3,(H2,15,16). The first-order valence-corrected chi connectivity index (χ1v) is 6.16. The van der Waals surface area contributed by atoms with E-state index in [4.69, 9.17) is 10.5 Å². The number of primary amides is 1. The number of carbonyl (C=O) groups is 1. The quantitative estimate of drug-likeness (QED) is 0.871. The van der Waals surface area contributed by atoms with Crippen LogP contribution in [0.15, 0.2) is 24.3 Å². The summed E-state index contributed by atoms with van der Waals surface area (Å²) >= 11 is 0. The average Bonchev–Trinajstić information content (AvgIpc) is 2.36. The molecule has 2 N–H and O–H groups in total.